The average Bonchev–Trinajstić information content (AvgIpc) is 2.81. The first-order chi connectivity index (χ1) is 9.54. The van der Waals surface area contributed by atoms with E-state index < -0.39 is 11.9 Å². The highest BCUT2D eigenvalue weighted by atomic mass is 16.5. The van der Waals surface area contributed by atoms with Crippen molar-refractivity contribution in [3.8, 4) is 5.82 Å². The zero-order valence-corrected chi connectivity index (χ0v) is 10.6. The molecule has 2 aromatic rings. The molecule has 0 aliphatic rings. The summed E-state index contributed by atoms with van der Waals surface area (Å²) >= 11 is 0. The number of esters is 1. The largest absolute Gasteiger partial charge is 0.476 e. The fourth-order valence-electron chi connectivity index (χ4n) is 1.61. The van der Waals surface area contributed by atoms with Crippen molar-refractivity contribution in [2.45, 2.75) is 6.92 Å². The van der Waals surface area contributed by atoms with E-state index in [0.29, 0.717) is 0 Å². The number of aromatic nitrogens is 3. The molecule has 0 saturated carbocycles. The van der Waals surface area contributed by atoms with E-state index in [1.165, 1.54) is 18.5 Å². The van der Waals surface area contributed by atoms with Crippen molar-refractivity contribution in [3.05, 3.63) is 35.8 Å². The van der Waals surface area contributed by atoms with Crippen LogP contribution in [0.2, 0.25) is 0 Å². The van der Waals surface area contributed by atoms with Crippen molar-refractivity contribution in [3.63, 3.8) is 0 Å². The van der Waals surface area contributed by atoms with Gasteiger partial charge in [-0.2, -0.15) is 5.10 Å². The summed E-state index contributed by atoms with van der Waals surface area (Å²) < 4.78 is 6.05. The van der Waals surface area contributed by atoms with Crippen molar-refractivity contribution in [2.75, 3.05) is 12.3 Å². The molecule has 0 aromatic carbocycles. The van der Waals surface area contributed by atoms with Gasteiger partial charge in [-0.1, -0.05) is 0 Å². The van der Waals surface area contributed by atoms with Gasteiger partial charge in [-0.3, -0.25) is 0 Å². The Morgan fingerprint density at radius 1 is 1.50 bits per heavy atom. The van der Waals surface area contributed by atoms with Gasteiger partial charge < -0.3 is 15.6 Å². The monoisotopic (exact) mass is 276 g/mol. The third kappa shape index (κ3) is 2.44. The van der Waals surface area contributed by atoms with Crippen LogP contribution in [-0.2, 0) is 4.74 Å². The minimum absolute atomic E-state index is 0.0158. The number of nitrogen functional groups attached to an aromatic ring is 1. The van der Waals surface area contributed by atoms with E-state index in [2.05, 4.69) is 10.1 Å². The van der Waals surface area contributed by atoms with E-state index in [0.717, 1.165) is 4.68 Å². The maximum atomic E-state index is 11.8. The molecule has 2 aromatic heterocycles. The van der Waals surface area contributed by atoms with Gasteiger partial charge in [0.1, 0.15) is 5.56 Å². The number of anilines is 1. The molecule has 8 nitrogen and oxygen atoms in total. The Kier molecular flexibility index (Phi) is 3.65. The number of carboxylic acid groups (broad SMARTS) is 1. The van der Waals surface area contributed by atoms with Crippen molar-refractivity contribution in [1.82, 2.24) is 14.8 Å². The number of nitrogens with zero attached hydrogens (tertiary/aromatic N) is 3. The highest BCUT2D eigenvalue weighted by Crippen LogP contribution is 2.16. The molecule has 0 spiro atoms. The Morgan fingerprint density at radius 2 is 2.25 bits per heavy atom. The van der Waals surface area contributed by atoms with Gasteiger partial charge in [0.15, 0.2) is 11.5 Å². The first-order valence-corrected chi connectivity index (χ1v) is 5.75. The molecule has 0 saturated heterocycles. The molecule has 2 rings (SSSR count). The number of pyridine rings is 1. The predicted molar refractivity (Wildman–Crippen MR) is 68.7 cm³/mol. The Labute approximate surface area is 113 Å². The number of nitrogens with two attached hydrogens (primary N) is 1. The smallest absolute Gasteiger partial charge is 0.358 e. The summed E-state index contributed by atoms with van der Waals surface area (Å²) in [6.07, 6.45) is 2.74. The summed E-state index contributed by atoms with van der Waals surface area (Å²) in [5, 5.41) is 12.7. The van der Waals surface area contributed by atoms with Crippen molar-refractivity contribution in [1.29, 1.82) is 0 Å². The second kappa shape index (κ2) is 5.39. The van der Waals surface area contributed by atoms with Crippen molar-refractivity contribution < 1.29 is 19.4 Å². The lowest BCUT2D eigenvalue weighted by molar-refractivity contribution is 0.0525. The van der Waals surface area contributed by atoms with Gasteiger partial charge in [-0.25, -0.2) is 19.3 Å². The average molecular weight is 276 g/mol. The summed E-state index contributed by atoms with van der Waals surface area (Å²) in [6, 6.07) is 3.08. The molecule has 104 valence electrons. The van der Waals surface area contributed by atoms with Crippen LogP contribution in [0.5, 0.6) is 0 Å². The lowest BCUT2D eigenvalue weighted by Gasteiger charge is -2.07. The number of hydrogen-bond donors (Lipinski definition) is 2. The van der Waals surface area contributed by atoms with Crippen LogP contribution in [0.4, 0.5) is 5.69 Å². The maximum absolute atomic E-state index is 11.8. The lowest BCUT2D eigenvalue weighted by atomic mass is 10.2. The zero-order chi connectivity index (χ0) is 14.7. The number of rotatable bonds is 4. The number of aromatic carboxylic acids is 1. The normalized spacial score (nSPS) is 10.2. The molecule has 0 amide bonds. The van der Waals surface area contributed by atoms with Crippen LogP contribution in [0, 0.1) is 0 Å². The van der Waals surface area contributed by atoms with Gasteiger partial charge in [-0.15, -0.1) is 0 Å². The second-order valence-electron chi connectivity index (χ2n) is 3.78. The summed E-state index contributed by atoms with van der Waals surface area (Å²) in [4.78, 5) is 26.8. The SMILES string of the molecule is CCOC(=O)c1cccnc1-n1cc(N)c(C(=O)O)n1. The quantitative estimate of drug-likeness (QED) is 0.789. The van der Waals surface area contributed by atoms with Crippen molar-refractivity contribution >= 4 is 17.6 Å². The van der Waals surface area contributed by atoms with Gasteiger partial charge in [-0.05, 0) is 19.1 Å². The molecule has 0 aliphatic heterocycles. The molecule has 0 bridgehead atoms. The number of carboxylic acids is 1. The standard InChI is InChI=1S/C12H12N4O4/c1-2-20-12(19)7-4-3-5-14-10(7)16-6-8(13)9(15-16)11(17)18/h3-6H,2,13H2,1H3,(H,17,18). The highest BCUT2D eigenvalue weighted by molar-refractivity contribution is 5.93. The minimum atomic E-state index is -1.25. The van der Waals surface area contributed by atoms with Crippen LogP contribution < -0.4 is 5.73 Å². The number of carbonyl (C=O) groups excluding carboxylic acids is 1. The molecule has 20 heavy (non-hydrogen) atoms. The first-order valence-electron chi connectivity index (χ1n) is 5.75. The van der Waals surface area contributed by atoms with E-state index in [4.69, 9.17) is 15.6 Å². The zero-order valence-electron chi connectivity index (χ0n) is 10.6. The molecular weight excluding hydrogens is 264 g/mol. The van der Waals surface area contributed by atoms with Crippen LogP contribution in [0.1, 0.15) is 27.8 Å². The van der Waals surface area contributed by atoms with E-state index >= 15 is 0 Å². The molecule has 0 fully saturated rings. The molecule has 8 heteroatoms. The predicted octanol–water partition coefficient (Wildman–Crippen LogP) is 0.724. The Hall–Kier alpha value is -2.90. The third-order valence-corrected chi connectivity index (χ3v) is 2.44. The molecule has 0 aliphatic carbocycles. The first kappa shape index (κ1) is 13.5. The molecular formula is C12H12N4O4. The molecule has 0 unspecified atom stereocenters. The van der Waals surface area contributed by atoms with Crippen LogP contribution in [0.25, 0.3) is 5.82 Å². The fraction of sp³-hybridized carbons (Fsp3) is 0.167. The van der Waals surface area contributed by atoms with Crippen LogP contribution >= 0.6 is 0 Å². The van der Waals surface area contributed by atoms with E-state index in [-0.39, 0.29) is 29.4 Å². The Morgan fingerprint density at radius 3 is 2.85 bits per heavy atom. The summed E-state index contributed by atoms with van der Waals surface area (Å²) in [6.45, 7) is 1.90. The Balaban J connectivity index is 2.50. The lowest BCUT2D eigenvalue weighted by Crippen LogP contribution is -2.12. The maximum Gasteiger partial charge on any atom is 0.358 e. The fourth-order valence-corrected chi connectivity index (χ4v) is 1.61. The van der Waals surface area contributed by atoms with Crippen LogP contribution in [0.3, 0.4) is 0 Å². The summed E-state index contributed by atoms with van der Waals surface area (Å²) in [7, 11) is 0. The van der Waals surface area contributed by atoms with E-state index in [1.54, 1.807) is 13.0 Å². The van der Waals surface area contributed by atoms with Gasteiger partial charge >= 0.3 is 11.9 Å². The van der Waals surface area contributed by atoms with Gasteiger partial charge in [0.2, 0.25) is 0 Å². The Bertz CT molecular complexity index is 665. The van der Waals surface area contributed by atoms with Crippen molar-refractivity contribution in [2.24, 2.45) is 0 Å². The third-order valence-electron chi connectivity index (χ3n) is 2.44. The van der Waals surface area contributed by atoms with Crippen LogP contribution in [0.15, 0.2) is 24.5 Å². The number of ether oxygens (including phenoxy) is 1. The van der Waals surface area contributed by atoms with Gasteiger partial charge in [0.25, 0.3) is 0 Å². The number of hydrogen-bond acceptors (Lipinski definition) is 6. The van der Waals surface area contributed by atoms with E-state index in [9.17, 15) is 9.59 Å². The van der Waals surface area contributed by atoms with Gasteiger partial charge in [0.05, 0.1) is 18.5 Å². The minimum Gasteiger partial charge on any atom is -0.476 e. The van der Waals surface area contributed by atoms with Crippen LogP contribution in [-0.4, -0.2) is 38.4 Å². The molecule has 3 N–H and O–H groups in total. The second-order valence-corrected chi connectivity index (χ2v) is 3.78. The number of carbonyl (C=O) groups is 2. The van der Waals surface area contributed by atoms with Gasteiger partial charge in [0, 0.05) is 6.20 Å². The summed E-state index contributed by atoms with van der Waals surface area (Å²) in [5.41, 5.74) is 5.41. The molecule has 0 atom stereocenters. The molecule has 0 radical (unpaired) electrons. The molecule has 2 heterocycles. The topological polar surface area (TPSA) is 120 Å². The highest BCUT2D eigenvalue weighted by Gasteiger charge is 2.19. The van der Waals surface area contributed by atoms with E-state index in [1.807, 2.05) is 0 Å². The summed E-state index contributed by atoms with van der Waals surface area (Å²) in [5.74, 6) is -1.67.